The van der Waals surface area contributed by atoms with Crippen LogP contribution in [0.1, 0.15) is 19.4 Å². The molecule has 0 amide bonds. The zero-order chi connectivity index (χ0) is 28.8. The van der Waals surface area contributed by atoms with E-state index in [4.69, 9.17) is 4.98 Å². The summed E-state index contributed by atoms with van der Waals surface area (Å²) in [6.45, 7) is 6.18. The number of rotatable bonds is 1. The molecule has 2 aliphatic rings. The second-order valence-corrected chi connectivity index (χ2v) is 11.5. The Morgan fingerprint density at radius 3 is 1.91 bits per heavy atom. The maximum atomic E-state index is 5.33. The summed E-state index contributed by atoms with van der Waals surface area (Å²) in [6.07, 6.45) is 0. The van der Waals surface area contributed by atoms with Gasteiger partial charge in [0, 0.05) is 29.5 Å². The summed E-state index contributed by atoms with van der Waals surface area (Å²) in [4.78, 5) is 5.33. The summed E-state index contributed by atoms with van der Waals surface area (Å²) in [6, 6.07) is 46.0. The Morgan fingerprint density at radius 2 is 1.11 bits per heavy atom. The Hall–Kier alpha value is -4.69. The van der Waals surface area contributed by atoms with Crippen molar-refractivity contribution in [2.24, 2.45) is 0 Å². The van der Waals surface area contributed by atoms with E-state index in [1.165, 1.54) is 93.3 Å². The molecule has 2 aliphatic carbocycles. The summed E-state index contributed by atoms with van der Waals surface area (Å²) in [5.41, 5.74) is 14.8. The molecule has 44 heavy (non-hydrogen) atoms. The van der Waals surface area contributed by atoms with Crippen molar-refractivity contribution in [3.8, 4) is 55.8 Å². The van der Waals surface area contributed by atoms with Gasteiger partial charge in [-0.25, -0.2) is 4.98 Å². The van der Waals surface area contributed by atoms with Crippen molar-refractivity contribution >= 4 is 43.2 Å². The summed E-state index contributed by atoms with van der Waals surface area (Å²) >= 11 is 0. The maximum Gasteiger partial charge on any atom is 0.0722 e. The van der Waals surface area contributed by atoms with Gasteiger partial charge in [0.1, 0.15) is 0 Å². The third-order valence-corrected chi connectivity index (χ3v) is 9.28. The predicted octanol–water partition coefficient (Wildman–Crippen LogP) is 11.8. The third kappa shape index (κ3) is 3.52. The number of pyridine rings is 1. The van der Waals surface area contributed by atoms with Crippen molar-refractivity contribution in [3.05, 3.63) is 127 Å². The van der Waals surface area contributed by atoms with Gasteiger partial charge in [0.15, 0.2) is 0 Å². The molecule has 8 aromatic rings. The molecule has 207 valence electrons. The molecule has 0 aliphatic heterocycles. The molecule has 0 fully saturated rings. The molecule has 10 rings (SSSR count). The zero-order valence-corrected chi connectivity index (χ0v) is 26.3. The van der Waals surface area contributed by atoms with Crippen LogP contribution in [0.2, 0.25) is 0 Å². The molecule has 1 heterocycles. The quantitative estimate of drug-likeness (QED) is 0.135. The molecule has 1 nitrogen and oxygen atoms in total. The predicted molar refractivity (Wildman–Crippen MR) is 183 cm³/mol. The van der Waals surface area contributed by atoms with E-state index < -0.39 is 0 Å². The molecule has 7 aromatic carbocycles. The maximum absolute atomic E-state index is 5.33. The van der Waals surface area contributed by atoms with Crippen LogP contribution in [0.25, 0.3) is 99.0 Å². The van der Waals surface area contributed by atoms with Crippen LogP contribution in [0.4, 0.5) is 0 Å². The van der Waals surface area contributed by atoms with E-state index in [-0.39, 0.29) is 18.6 Å². The van der Waals surface area contributed by atoms with E-state index in [1.807, 2.05) is 13.8 Å². The molecule has 0 saturated carbocycles. The van der Waals surface area contributed by atoms with Crippen LogP contribution in [0.5, 0.6) is 0 Å². The van der Waals surface area contributed by atoms with Crippen LogP contribution in [0.15, 0.2) is 115 Å². The fourth-order valence-corrected chi connectivity index (χ4v) is 7.55. The Kier molecular flexibility index (Phi) is 6.07. The van der Waals surface area contributed by atoms with Gasteiger partial charge in [-0.2, -0.15) is 0 Å². The van der Waals surface area contributed by atoms with Crippen LogP contribution in [0.3, 0.4) is 0 Å². The van der Waals surface area contributed by atoms with Crippen LogP contribution in [-0.2, 0) is 18.6 Å². The number of fused-ring (bicyclic) bond motifs is 10. The second-order valence-electron chi connectivity index (χ2n) is 11.5. The van der Waals surface area contributed by atoms with Gasteiger partial charge >= 0.3 is 0 Å². The molecular weight excluding hydrogens is 569 g/mol. The fraction of sp³-hybridized carbons (Fsp3) is 0.0714. The molecule has 0 atom stereocenters. The average molecular weight is 598 g/mol. The molecule has 1 aromatic heterocycles. The summed E-state index contributed by atoms with van der Waals surface area (Å²) in [5.74, 6) is 0. The molecule has 0 saturated heterocycles. The molecule has 0 spiro atoms. The monoisotopic (exact) mass is 597 g/mol. The summed E-state index contributed by atoms with van der Waals surface area (Å²) < 4.78 is 0. The van der Waals surface area contributed by atoms with Crippen molar-refractivity contribution in [1.29, 1.82) is 0 Å². The van der Waals surface area contributed by atoms with Gasteiger partial charge in [-0.15, -0.1) is 23.8 Å². The SMILES string of the molecule is CC.Cc1ccc2c(c1)c(-c1cc3c4c(cccc4n1)-c1ccccc1-3)cc1c3cc[c-]c4c3c(cc21)-c1ccccc1-4.[V]. The van der Waals surface area contributed by atoms with Gasteiger partial charge in [-0.05, 0) is 68.9 Å². The van der Waals surface area contributed by atoms with Crippen LogP contribution < -0.4 is 0 Å². The fourth-order valence-electron chi connectivity index (χ4n) is 7.55. The van der Waals surface area contributed by atoms with Crippen molar-refractivity contribution in [1.82, 2.24) is 4.98 Å². The van der Waals surface area contributed by atoms with Gasteiger partial charge in [-0.3, -0.25) is 0 Å². The Morgan fingerprint density at radius 1 is 0.477 bits per heavy atom. The number of hydrogen-bond donors (Lipinski definition) is 0. The second kappa shape index (κ2) is 9.93. The number of benzene rings is 7. The summed E-state index contributed by atoms with van der Waals surface area (Å²) in [5, 5.41) is 8.93. The van der Waals surface area contributed by atoms with E-state index in [0.717, 1.165) is 11.2 Å². The van der Waals surface area contributed by atoms with E-state index in [1.54, 1.807) is 0 Å². The van der Waals surface area contributed by atoms with E-state index in [2.05, 4.69) is 128 Å². The Bertz CT molecular complexity index is 2490. The largest absolute Gasteiger partial charge is 0.248 e. The van der Waals surface area contributed by atoms with E-state index in [9.17, 15) is 0 Å². The topological polar surface area (TPSA) is 12.9 Å². The standard InChI is InChI=1S/C40H22N.C2H6.V/c1-22-16-17-27-31(18-22)34(38-21-36-26-11-5-3-9-24(26)29-14-7-15-37(41-38)40(29)36)19-33-30-13-6-12-28-23-8-2-4-10-25(23)35(39(28)30)20-32(27)33;1-2;/h2-11,13-21H,1H3;1-2H3;/q-1;;. The molecule has 1 radical (unpaired) electrons. The summed E-state index contributed by atoms with van der Waals surface area (Å²) in [7, 11) is 0. The first-order chi connectivity index (χ1) is 21.2. The van der Waals surface area contributed by atoms with Crippen LogP contribution in [0, 0.1) is 13.0 Å². The first-order valence-electron chi connectivity index (χ1n) is 15.2. The molecule has 2 heteroatoms. The molecular formula is C42H28NV-. The number of hydrogen-bond acceptors (Lipinski definition) is 1. The zero-order valence-electron chi connectivity index (χ0n) is 24.9. The van der Waals surface area contributed by atoms with E-state index in [0.29, 0.717) is 0 Å². The average Bonchev–Trinajstić information content (AvgIpc) is 3.56. The number of nitrogens with zero attached hydrogens (tertiary/aromatic N) is 1. The Balaban J connectivity index is 0.000000946. The van der Waals surface area contributed by atoms with Crippen LogP contribution >= 0.6 is 0 Å². The minimum absolute atomic E-state index is 0. The van der Waals surface area contributed by atoms with Crippen molar-refractivity contribution in [3.63, 3.8) is 0 Å². The first kappa shape index (κ1) is 26.9. The van der Waals surface area contributed by atoms with Gasteiger partial charge in [0.2, 0.25) is 0 Å². The van der Waals surface area contributed by atoms with Gasteiger partial charge in [0.05, 0.1) is 11.2 Å². The normalized spacial score (nSPS) is 11.8. The third-order valence-electron chi connectivity index (χ3n) is 9.28. The molecule has 0 unspecified atom stereocenters. The molecule has 0 N–H and O–H groups in total. The van der Waals surface area contributed by atoms with Crippen molar-refractivity contribution in [2.45, 2.75) is 20.8 Å². The van der Waals surface area contributed by atoms with Gasteiger partial charge < -0.3 is 0 Å². The number of aryl methyl sites for hydroxylation is 1. The van der Waals surface area contributed by atoms with E-state index >= 15 is 0 Å². The minimum Gasteiger partial charge on any atom is -0.248 e. The van der Waals surface area contributed by atoms with Gasteiger partial charge in [0.25, 0.3) is 0 Å². The first-order valence-corrected chi connectivity index (χ1v) is 15.2. The molecule has 0 bridgehead atoms. The van der Waals surface area contributed by atoms with Crippen LogP contribution in [-0.4, -0.2) is 4.98 Å². The number of aromatic nitrogens is 1. The van der Waals surface area contributed by atoms with Gasteiger partial charge in [-0.1, -0.05) is 132 Å². The smallest absolute Gasteiger partial charge is 0.0722 e. The minimum atomic E-state index is 0. The van der Waals surface area contributed by atoms with Crippen molar-refractivity contribution < 1.29 is 18.6 Å². The van der Waals surface area contributed by atoms with Crippen molar-refractivity contribution in [2.75, 3.05) is 0 Å². The Labute approximate surface area is 269 Å².